The fourth-order valence-electron chi connectivity index (χ4n) is 1.54. The molecule has 0 radical (unpaired) electrons. The SMILES string of the molecule is Cc1cccc([P-]c2cccc(C)c2)c1. The molecule has 0 unspecified atom stereocenters. The summed E-state index contributed by atoms with van der Waals surface area (Å²) in [7, 11) is 1.29. The van der Waals surface area contributed by atoms with Gasteiger partial charge in [-0.3, -0.25) is 0 Å². The van der Waals surface area contributed by atoms with Crippen LogP contribution in [0.15, 0.2) is 48.5 Å². The van der Waals surface area contributed by atoms with Crippen molar-refractivity contribution < 1.29 is 0 Å². The molecule has 1 heteroatoms. The van der Waals surface area contributed by atoms with Gasteiger partial charge in [-0.05, 0) is 13.8 Å². The van der Waals surface area contributed by atoms with E-state index < -0.39 is 0 Å². The Labute approximate surface area is 93.1 Å². The molecule has 0 atom stereocenters. The Bertz CT molecular complexity index is 417. The summed E-state index contributed by atoms with van der Waals surface area (Å²) < 4.78 is 0. The third-order valence-corrected chi connectivity index (χ3v) is 3.33. The molecule has 0 heterocycles. The minimum Gasteiger partial charge on any atom is -0.472 e. The first-order chi connectivity index (χ1) is 7.24. The fourth-order valence-corrected chi connectivity index (χ4v) is 2.70. The van der Waals surface area contributed by atoms with E-state index >= 15 is 0 Å². The molecular formula is C14H14P-. The second-order valence-electron chi connectivity index (χ2n) is 3.79. The van der Waals surface area contributed by atoms with Crippen molar-refractivity contribution in [3.05, 3.63) is 59.7 Å². The van der Waals surface area contributed by atoms with E-state index in [1.165, 1.54) is 30.3 Å². The maximum atomic E-state index is 2.24. The highest BCUT2D eigenvalue weighted by atomic mass is 31.1. The third-order valence-electron chi connectivity index (χ3n) is 2.26. The Balaban J connectivity index is 2.22. The molecule has 0 nitrogen and oxygen atoms in total. The van der Waals surface area contributed by atoms with Crippen molar-refractivity contribution in [2.75, 3.05) is 0 Å². The lowest BCUT2D eigenvalue weighted by Crippen LogP contribution is -2.03. The summed E-state index contributed by atoms with van der Waals surface area (Å²) in [5, 5.41) is 2.72. The number of hydrogen-bond donors (Lipinski definition) is 0. The van der Waals surface area contributed by atoms with Crippen LogP contribution in [-0.4, -0.2) is 0 Å². The van der Waals surface area contributed by atoms with Gasteiger partial charge >= 0.3 is 0 Å². The van der Waals surface area contributed by atoms with Crippen molar-refractivity contribution in [3.63, 3.8) is 0 Å². The number of rotatable bonds is 2. The van der Waals surface area contributed by atoms with Crippen molar-refractivity contribution >= 4 is 19.2 Å². The van der Waals surface area contributed by atoms with Crippen LogP contribution < -0.4 is 10.6 Å². The summed E-state index contributed by atoms with van der Waals surface area (Å²) in [5.74, 6) is 0. The van der Waals surface area contributed by atoms with Gasteiger partial charge in [-0.25, -0.2) is 0 Å². The molecule has 0 N–H and O–H groups in total. The zero-order valence-electron chi connectivity index (χ0n) is 9.07. The van der Waals surface area contributed by atoms with E-state index in [0.29, 0.717) is 0 Å². The molecule has 2 aromatic carbocycles. The van der Waals surface area contributed by atoms with Crippen molar-refractivity contribution in [2.24, 2.45) is 0 Å². The summed E-state index contributed by atoms with van der Waals surface area (Å²) >= 11 is 0. The predicted octanol–water partition coefficient (Wildman–Crippen LogP) is 3.20. The van der Waals surface area contributed by atoms with Crippen LogP contribution in [0.5, 0.6) is 0 Å². The molecule has 15 heavy (non-hydrogen) atoms. The van der Waals surface area contributed by atoms with Crippen molar-refractivity contribution in [1.29, 1.82) is 0 Å². The highest BCUT2D eigenvalue weighted by molar-refractivity contribution is 7.55. The summed E-state index contributed by atoms with van der Waals surface area (Å²) in [5.41, 5.74) is 2.65. The highest BCUT2D eigenvalue weighted by Crippen LogP contribution is 2.12. The summed E-state index contributed by atoms with van der Waals surface area (Å²) in [6, 6.07) is 17.3. The summed E-state index contributed by atoms with van der Waals surface area (Å²) in [6.07, 6.45) is 0. The predicted molar refractivity (Wildman–Crippen MR) is 68.5 cm³/mol. The molecular weight excluding hydrogens is 199 g/mol. The third kappa shape index (κ3) is 2.91. The van der Waals surface area contributed by atoms with Gasteiger partial charge in [-0.1, -0.05) is 59.7 Å². The second-order valence-corrected chi connectivity index (χ2v) is 5.05. The van der Waals surface area contributed by atoms with Crippen LogP contribution in [0.3, 0.4) is 0 Å². The van der Waals surface area contributed by atoms with E-state index in [0.717, 1.165) is 0 Å². The van der Waals surface area contributed by atoms with Gasteiger partial charge in [0.15, 0.2) is 0 Å². The molecule has 0 fully saturated rings. The van der Waals surface area contributed by atoms with E-state index in [2.05, 4.69) is 62.4 Å². The smallest absolute Gasteiger partial charge is 0.0399 e. The minimum atomic E-state index is 1.29. The first kappa shape index (κ1) is 10.4. The Morgan fingerprint density at radius 2 is 1.20 bits per heavy atom. The van der Waals surface area contributed by atoms with E-state index in [-0.39, 0.29) is 0 Å². The molecule has 0 spiro atoms. The van der Waals surface area contributed by atoms with Crippen LogP contribution in [0, 0.1) is 13.8 Å². The molecule has 0 bridgehead atoms. The van der Waals surface area contributed by atoms with Gasteiger partial charge in [0.2, 0.25) is 0 Å². The highest BCUT2D eigenvalue weighted by Gasteiger charge is 1.84. The topological polar surface area (TPSA) is 0 Å². The van der Waals surface area contributed by atoms with E-state index in [1.54, 1.807) is 0 Å². The van der Waals surface area contributed by atoms with Crippen LogP contribution in [0.2, 0.25) is 0 Å². The van der Waals surface area contributed by atoms with Crippen LogP contribution in [0.4, 0.5) is 0 Å². The van der Waals surface area contributed by atoms with Gasteiger partial charge in [0.1, 0.15) is 0 Å². The zero-order chi connectivity index (χ0) is 10.7. The van der Waals surface area contributed by atoms with Crippen LogP contribution in [0.1, 0.15) is 11.1 Å². The Hall–Kier alpha value is -1.13. The van der Waals surface area contributed by atoms with Crippen LogP contribution in [-0.2, 0) is 0 Å². The molecule has 0 aliphatic carbocycles. The molecule has 0 saturated heterocycles. The standard InChI is InChI=1S/C14H14P/c1-11-5-3-7-13(9-11)15-14-8-4-6-12(2)10-14/h3-10H,1-2H3/q-1. The molecule has 0 saturated carbocycles. The Kier molecular flexibility index (Phi) is 3.18. The maximum Gasteiger partial charge on any atom is -0.0399 e. The zero-order valence-corrected chi connectivity index (χ0v) is 9.96. The first-order valence-electron chi connectivity index (χ1n) is 5.09. The molecule has 76 valence electrons. The minimum absolute atomic E-state index is 1.29. The van der Waals surface area contributed by atoms with Gasteiger partial charge in [-0.15, -0.1) is 0 Å². The number of benzene rings is 2. The lowest BCUT2D eigenvalue weighted by Gasteiger charge is -2.20. The van der Waals surface area contributed by atoms with E-state index in [4.69, 9.17) is 0 Å². The monoisotopic (exact) mass is 213 g/mol. The second kappa shape index (κ2) is 4.59. The van der Waals surface area contributed by atoms with E-state index in [9.17, 15) is 0 Å². The molecule has 0 aromatic heterocycles. The Morgan fingerprint density at radius 3 is 1.60 bits per heavy atom. The average Bonchev–Trinajstić information content (AvgIpc) is 2.17. The van der Waals surface area contributed by atoms with Crippen molar-refractivity contribution in [3.8, 4) is 0 Å². The normalized spacial score (nSPS) is 10.3. The molecule has 2 aromatic rings. The molecule has 0 aliphatic heterocycles. The van der Waals surface area contributed by atoms with Crippen LogP contribution >= 0.6 is 8.58 Å². The van der Waals surface area contributed by atoms with Crippen molar-refractivity contribution in [2.45, 2.75) is 13.8 Å². The molecule has 2 rings (SSSR count). The molecule has 0 aliphatic rings. The van der Waals surface area contributed by atoms with Gasteiger partial charge in [0, 0.05) is 0 Å². The lowest BCUT2D eigenvalue weighted by atomic mass is 10.2. The summed E-state index contributed by atoms with van der Waals surface area (Å²) in [4.78, 5) is 0. The average molecular weight is 213 g/mol. The number of aryl methyl sites for hydroxylation is 2. The van der Waals surface area contributed by atoms with Crippen molar-refractivity contribution in [1.82, 2.24) is 0 Å². The number of hydrogen-bond acceptors (Lipinski definition) is 0. The quantitative estimate of drug-likeness (QED) is 0.672. The Morgan fingerprint density at radius 1 is 0.733 bits per heavy atom. The maximum absolute atomic E-state index is 2.24. The molecule has 0 amide bonds. The van der Waals surface area contributed by atoms with Gasteiger partial charge in [-0.2, -0.15) is 10.6 Å². The van der Waals surface area contributed by atoms with Gasteiger partial charge in [0.05, 0.1) is 0 Å². The van der Waals surface area contributed by atoms with Crippen LogP contribution in [0.25, 0.3) is 0 Å². The lowest BCUT2D eigenvalue weighted by molar-refractivity contribution is 1.49. The first-order valence-corrected chi connectivity index (χ1v) is 5.98. The van der Waals surface area contributed by atoms with Gasteiger partial charge in [0.25, 0.3) is 0 Å². The summed E-state index contributed by atoms with van der Waals surface area (Å²) in [6.45, 7) is 4.27. The fraction of sp³-hybridized carbons (Fsp3) is 0.143. The largest absolute Gasteiger partial charge is 0.472 e. The van der Waals surface area contributed by atoms with Gasteiger partial charge < -0.3 is 8.58 Å². The van der Waals surface area contributed by atoms with E-state index in [1.807, 2.05) is 0 Å².